The van der Waals surface area contributed by atoms with Crippen LogP contribution >= 0.6 is 0 Å². The van der Waals surface area contributed by atoms with Crippen LogP contribution < -0.4 is 34.0 Å². The van der Waals surface area contributed by atoms with Gasteiger partial charge in [0.1, 0.15) is 6.04 Å². The highest BCUT2D eigenvalue weighted by atomic mass is 79.9. The molecule has 0 amide bonds. The Kier molecular flexibility index (Phi) is 9.23. The molecule has 2 saturated heterocycles. The van der Waals surface area contributed by atoms with Crippen LogP contribution in [-0.4, -0.2) is 73.4 Å². The number of esters is 1. The third-order valence-electron chi connectivity index (χ3n) is 13.9. The first kappa shape index (κ1) is 31.3. The lowest BCUT2D eigenvalue weighted by molar-refractivity contribution is -0.942. The first-order valence-electron chi connectivity index (χ1n) is 15.9. The van der Waals surface area contributed by atoms with E-state index in [1.807, 2.05) is 0 Å². The van der Waals surface area contributed by atoms with E-state index in [4.69, 9.17) is 4.74 Å². The van der Waals surface area contributed by atoms with E-state index in [1.54, 1.807) is 6.92 Å². The summed E-state index contributed by atoms with van der Waals surface area (Å²) in [7, 11) is 5.09. The van der Waals surface area contributed by atoms with Gasteiger partial charge in [0.15, 0.2) is 6.10 Å². The van der Waals surface area contributed by atoms with Crippen molar-refractivity contribution in [2.75, 3.05) is 40.3 Å². The second-order valence-electron chi connectivity index (χ2n) is 15.6. The lowest BCUT2D eigenvalue weighted by Crippen LogP contribution is -3.00. The van der Waals surface area contributed by atoms with Crippen LogP contribution in [0.3, 0.4) is 0 Å². The molecule has 0 aromatic rings. The molecule has 6 aliphatic rings. The van der Waals surface area contributed by atoms with Gasteiger partial charge in [-0.1, -0.05) is 13.8 Å². The van der Waals surface area contributed by atoms with E-state index >= 15 is 0 Å². The van der Waals surface area contributed by atoms with Gasteiger partial charge in [0.25, 0.3) is 0 Å². The Bertz CT molecular complexity index is 856. The lowest BCUT2D eigenvalue weighted by Gasteiger charge is -2.63. The molecular formula is C32H56Br2N2O2. The molecule has 38 heavy (non-hydrogen) atoms. The van der Waals surface area contributed by atoms with Gasteiger partial charge in [0.05, 0.1) is 46.3 Å². The Hall–Kier alpha value is 0.350. The van der Waals surface area contributed by atoms with Crippen molar-refractivity contribution in [3.63, 3.8) is 0 Å². The molecule has 0 bridgehead atoms. The number of likely N-dealkylation sites (tertiary alicyclic amines) is 2. The zero-order valence-corrected chi connectivity index (χ0v) is 28.2. The summed E-state index contributed by atoms with van der Waals surface area (Å²) in [6.45, 7) is 12.4. The number of halogens is 2. The van der Waals surface area contributed by atoms with Crippen molar-refractivity contribution in [3.8, 4) is 0 Å². The SMILES string of the molecule is CC(=O)O[C@H]1C[C@@]2(C)[C@@H](CC[C@@H]3[C@@H]2CC[C@@]2(C)[C@H]3CC[C@@H]2[N+]2(C)CCCC2)C[C@@H]1[N+]1(C)CCCCC1.[Br-].[Br-]. The first-order chi connectivity index (χ1) is 17.1. The van der Waals surface area contributed by atoms with Gasteiger partial charge < -0.3 is 47.7 Å². The van der Waals surface area contributed by atoms with Gasteiger partial charge in [-0.15, -0.1) is 0 Å². The number of fused-ring (bicyclic) bond motifs is 5. The molecule has 9 atom stereocenters. The van der Waals surface area contributed by atoms with Crippen LogP contribution in [0.1, 0.15) is 104 Å². The molecular weight excluding hydrogens is 604 g/mol. The van der Waals surface area contributed by atoms with E-state index in [9.17, 15) is 4.79 Å². The van der Waals surface area contributed by atoms with Gasteiger partial charge in [0, 0.05) is 38.0 Å². The second kappa shape index (κ2) is 11.2. The third kappa shape index (κ3) is 4.89. The number of rotatable bonds is 3. The lowest BCUT2D eigenvalue weighted by atomic mass is 9.44. The summed E-state index contributed by atoms with van der Waals surface area (Å²) in [4.78, 5) is 12.3. The normalized spacial score (nSPS) is 46.9. The number of nitrogens with zero attached hydrogens (tertiary/aromatic N) is 2. The highest BCUT2D eigenvalue weighted by Gasteiger charge is 2.65. The molecule has 6 heteroatoms. The molecule has 6 rings (SSSR count). The van der Waals surface area contributed by atoms with Crippen molar-refractivity contribution in [2.24, 2.45) is 34.5 Å². The second-order valence-corrected chi connectivity index (χ2v) is 15.6. The summed E-state index contributed by atoms with van der Waals surface area (Å²) < 4.78 is 8.79. The van der Waals surface area contributed by atoms with Gasteiger partial charge in [-0.05, 0) is 86.9 Å². The molecule has 0 aromatic carbocycles. The molecule has 0 aromatic heterocycles. The Morgan fingerprint density at radius 3 is 2.03 bits per heavy atom. The predicted octanol–water partition coefficient (Wildman–Crippen LogP) is 0.187. The van der Waals surface area contributed by atoms with Gasteiger partial charge in [-0.3, -0.25) is 4.79 Å². The van der Waals surface area contributed by atoms with Crippen molar-refractivity contribution < 1.29 is 52.5 Å². The van der Waals surface area contributed by atoms with E-state index in [0.717, 1.165) is 40.6 Å². The van der Waals surface area contributed by atoms with Gasteiger partial charge in [0.2, 0.25) is 0 Å². The van der Waals surface area contributed by atoms with E-state index in [0.29, 0.717) is 16.9 Å². The molecule has 2 heterocycles. The monoisotopic (exact) mass is 658 g/mol. The smallest absolute Gasteiger partial charge is 0.303 e. The number of likely N-dealkylation sites (N-methyl/N-ethyl adjacent to an activating group) is 1. The zero-order valence-electron chi connectivity index (χ0n) is 25.0. The summed E-state index contributed by atoms with van der Waals surface area (Å²) in [6, 6.07) is 1.40. The molecule has 6 fully saturated rings. The first-order valence-corrected chi connectivity index (χ1v) is 15.9. The van der Waals surface area contributed by atoms with Gasteiger partial charge in [-0.25, -0.2) is 0 Å². The molecule has 4 aliphatic carbocycles. The Morgan fingerprint density at radius 1 is 0.763 bits per heavy atom. The zero-order chi connectivity index (χ0) is 25.3. The number of hydrogen-bond donors (Lipinski definition) is 0. The number of carbonyl (C=O) groups is 1. The van der Waals surface area contributed by atoms with Crippen LogP contribution in [0.15, 0.2) is 0 Å². The van der Waals surface area contributed by atoms with Crippen molar-refractivity contribution in [1.82, 2.24) is 0 Å². The van der Waals surface area contributed by atoms with E-state index in [-0.39, 0.29) is 46.0 Å². The minimum Gasteiger partial charge on any atom is -1.00 e. The maximum atomic E-state index is 12.3. The van der Waals surface area contributed by atoms with Crippen molar-refractivity contribution in [3.05, 3.63) is 0 Å². The van der Waals surface area contributed by atoms with Crippen molar-refractivity contribution in [1.29, 1.82) is 0 Å². The summed E-state index contributed by atoms with van der Waals surface area (Å²) in [5.74, 6) is 3.42. The topological polar surface area (TPSA) is 26.3 Å². The minimum absolute atomic E-state index is 0. The molecule has 2 aliphatic heterocycles. The standard InChI is InChI=1S/C32H56N2O2.2BrH/c1-23(35)36-29-22-32(3)24(21-28(29)33(4)17-7-6-8-18-33)11-12-25-26-13-14-30(34(5)19-9-10-20-34)31(26,2)16-15-27(25)32;;/h24-30H,6-22H2,1-5H3;2*1H/q+2;;/p-2/t24-,25-,26-,27-,28-,29-,30-,31-,32-;;/m0../s1. The average Bonchev–Trinajstić information content (AvgIpc) is 3.42. The van der Waals surface area contributed by atoms with Crippen LogP contribution in [0, 0.1) is 34.5 Å². The van der Waals surface area contributed by atoms with E-state index in [1.165, 1.54) is 108 Å². The maximum absolute atomic E-state index is 12.3. The van der Waals surface area contributed by atoms with Crippen LogP contribution in [0.25, 0.3) is 0 Å². The summed E-state index contributed by atoms with van der Waals surface area (Å²) in [5.41, 5.74) is 0.891. The predicted molar refractivity (Wildman–Crippen MR) is 145 cm³/mol. The number of quaternary nitrogens is 2. The Balaban J connectivity index is 0.00000168. The summed E-state index contributed by atoms with van der Waals surface area (Å²) in [5, 5.41) is 0. The summed E-state index contributed by atoms with van der Waals surface area (Å²) >= 11 is 0. The third-order valence-corrected chi connectivity index (χ3v) is 13.9. The van der Waals surface area contributed by atoms with Gasteiger partial charge in [-0.2, -0.15) is 0 Å². The molecule has 0 N–H and O–H groups in total. The average molecular weight is 661 g/mol. The Morgan fingerprint density at radius 2 is 1.37 bits per heavy atom. The minimum atomic E-state index is -0.0551. The molecule has 4 nitrogen and oxygen atoms in total. The van der Waals surface area contributed by atoms with Crippen LogP contribution in [0.4, 0.5) is 0 Å². The van der Waals surface area contributed by atoms with Crippen molar-refractivity contribution in [2.45, 2.75) is 122 Å². The number of ether oxygens (including phenoxy) is 1. The van der Waals surface area contributed by atoms with E-state index < -0.39 is 0 Å². The highest BCUT2D eigenvalue weighted by molar-refractivity contribution is 5.66. The number of carbonyl (C=O) groups excluding carboxylic acids is 1. The number of hydrogen-bond acceptors (Lipinski definition) is 2. The van der Waals surface area contributed by atoms with Gasteiger partial charge >= 0.3 is 5.97 Å². The van der Waals surface area contributed by atoms with Crippen molar-refractivity contribution >= 4 is 5.97 Å². The van der Waals surface area contributed by atoms with Crippen LogP contribution in [-0.2, 0) is 9.53 Å². The fourth-order valence-corrected chi connectivity index (χ4v) is 12.2. The van der Waals surface area contributed by atoms with Crippen LogP contribution in [0.2, 0.25) is 0 Å². The van der Waals surface area contributed by atoms with E-state index in [2.05, 4.69) is 27.9 Å². The number of piperidine rings is 1. The Labute approximate surface area is 254 Å². The van der Waals surface area contributed by atoms with Crippen LogP contribution in [0.5, 0.6) is 0 Å². The molecule has 220 valence electrons. The molecule has 4 saturated carbocycles. The maximum Gasteiger partial charge on any atom is 0.303 e. The molecule has 0 radical (unpaired) electrons. The quantitative estimate of drug-likeness (QED) is 0.320. The fraction of sp³-hybridized carbons (Fsp3) is 0.969. The fourth-order valence-electron chi connectivity index (χ4n) is 12.2. The largest absolute Gasteiger partial charge is 1.00 e. The molecule has 0 spiro atoms. The highest BCUT2D eigenvalue weighted by Crippen LogP contribution is 2.67. The molecule has 0 unspecified atom stereocenters. The summed E-state index contributed by atoms with van der Waals surface area (Å²) in [6.07, 6.45) is 18.1.